The van der Waals surface area contributed by atoms with Gasteiger partial charge >= 0.3 is 12.1 Å². The van der Waals surface area contributed by atoms with Gasteiger partial charge in [0.05, 0.1) is 5.56 Å². The highest BCUT2D eigenvalue weighted by atomic mass is 16.6. The monoisotopic (exact) mass is 512 g/mol. The van der Waals surface area contributed by atoms with E-state index in [0.717, 1.165) is 12.0 Å². The number of hydrogen-bond donors (Lipinski definition) is 0. The topological polar surface area (TPSA) is 76.2 Å². The largest absolute Gasteiger partial charge is 0.456 e. The van der Waals surface area contributed by atoms with Crippen molar-refractivity contribution in [1.82, 2.24) is 4.90 Å². The smallest absolute Gasteiger partial charge is 0.409 e. The summed E-state index contributed by atoms with van der Waals surface area (Å²) in [7, 11) is 0. The SMILES string of the molecule is CC(C)(C)OC(=O)c1cc(C=O)cc(N2CCN(C(=O)OCC3c4ccccc4-c4ccccc43)CC2)c1. The molecule has 0 radical (unpaired) electrons. The first kappa shape index (κ1) is 25.5. The second-order valence-electron chi connectivity index (χ2n) is 10.7. The number of esters is 1. The maximum absolute atomic E-state index is 13.0. The van der Waals surface area contributed by atoms with Crippen LogP contribution in [0.2, 0.25) is 0 Å². The van der Waals surface area contributed by atoms with E-state index in [0.29, 0.717) is 37.3 Å². The molecule has 0 atom stereocenters. The van der Waals surface area contributed by atoms with E-state index in [1.165, 1.54) is 28.3 Å². The number of nitrogens with zero attached hydrogens (tertiary/aromatic N) is 2. The van der Waals surface area contributed by atoms with Crippen LogP contribution in [0.1, 0.15) is 58.5 Å². The van der Waals surface area contributed by atoms with Gasteiger partial charge in [-0.25, -0.2) is 9.59 Å². The summed E-state index contributed by atoms with van der Waals surface area (Å²) >= 11 is 0. The molecule has 1 aliphatic heterocycles. The standard InChI is InChI=1S/C31H32N2O5/c1-31(2,3)38-29(35)22-16-21(19-34)17-23(18-22)32-12-14-33(15-13-32)30(36)37-20-28-26-10-6-4-8-24(26)25-9-5-7-11-27(25)28/h4-11,16-19,28H,12-15,20H2,1-3H3. The number of fused-ring (bicyclic) bond motifs is 3. The molecule has 1 aliphatic carbocycles. The Bertz CT molecular complexity index is 1320. The molecule has 0 spiro atoms. The van der Waals surface area contributed by atoms with E-state index in [2.05, 4.69) is 29.2 Å². The minimum atomic E-state index is -0.636. The van der Waals surface area contributed by atoms with Crippen LogP contribution in [0.5, 0.6) is 0 Å². The zero-order chi connectivity index (χ0) is 26.9. The molecule has 0 bridgehead atoms. The van der Waals surface area contributed by atoms with Crippen molar-refractivity contribution in [2.24, 2.45) is 0 Å². The van der Waals surface area contributed by atoms with Gasteiger partial charge < -0.3 is 19.3 Å². The highest BCUT2D eigenvalue weighted by Gasteiger charge is 2.30. The first-order valence-corrected chi connectivity index (χ1v) is 12.9. The normalized spacial score (nSPS) is 15.0. The van der Waals surface area contributed by atoms with Crippen molar-refractivity contribution in [2.75, 3.05) is 37.7 Å². The van der Waals surface area contributed by atoms with Gasteiger partial charge in [0.2, 0.25) is 0 Å². The molecule has 5 rings (SSSR count). The number of piperazine rings is 1. The Balaban J connectivity index is 1.22. The van der Waals surface area contributed by atoms with Gasteiger partial charge in [0, 0.05) is 43.3 Å². The maximum Gasteiger partial charge on any atom is 0.409 e. The molecule has 3 aromatic carbocycles. The molecule has 0 unspecified atom stereocenters. The molecule has 196 valence electrons. The van der Waals surface area contributed by atoms with Gasteiger partial charge in [-0.05, 0) is 61.2 Å². The fourth-order valence-electron chi connectivity index (χ4n) is 5.17. The quantitative estimate of drug-likeness (QED) is 0.331. The van der Waals surface area contributed by atoms with Gasteiger partial charge in [0.15, 0.2) is 0 Å². The molecule has 2 aliphatic rings. The van der Waals surface area contributed by atoms with Crippen LogP contribution in [-0.2, 0) is 9.47 Å². The average Bonchev–Trinajstić information content (AvgIpc) is 3.24. The molecule has 7 nitrogen and oxygen atoms in total. The van der Waals surface area contributed by atoms with Crippen LogP contribution >= 0.6 is 0 Å². The minimum Gasteiger partial charge on any atom is -0.456 e. The number of anilines is 1. The molecule has 7 heteroatoms. The van der Waals surface area contributed by atoms with Crippen LogP contribution in [0, 0.1) is 0 Å². The van der Waals surface area contributed by atoms with Crippen molar-refractivity contribution in [3.8, 4) is 11.1 Å². The fraction of sp³-hybridized carbons (Fsp3) is 0.323. The number of aldehydes is 1. The summed E-state index contributed by atoms with van der Waals surface area (Å²) in [5, 5.41) is 0. The van der Waals surface area contributed by atoms with Gasteiger partial charge in [-0.1, -0.05) is 48.5 Å². The van der Waals surface area contributed by atoms with Gasteiger partial charge in [-0.15, -0.1) is 0 Å². The lowest BCUT2D eigenvalue weighted by atomic mass is 9.98. The molecule has 0 aromatic heterocycles. The fourth-order valence-corrected chi connectivity index (χ4v) is 5.17. The number of rotatable bonds is 5. The summed E-state index contributed by atoms with van der Waals surface area (Å²) in [6.07, 6.45) is 0.396. The summed E-state index contributed by atoms with van der Waals surface area (Å²) in [4.78, 5) is 40.9. The van der Waals surface area contributed by atoms with E-state index in [9.17, 15) is 14.4 Å². The minimum absolute atomic E-state index is 0.0185. The number of carbonyl (C=O) groups excluding carboxylic acids is 3. The first-order valence-electron chi connectivity index (χ1n) is 12.9. The van der Waals surface area contributed by atoms with Crippen LogP contribution in [-0.4, -0.2) is 61.6 Å². The third-order valence-electron chi connectivity index (χ3n) is 6.95. The van der Waals surface area contributed by atoms with Gasteiger partial charge in [-0.2, -0.15) is 0 Å². The summed E-state index contributed by atoms with van der Waals surface area (Å²) in [6.45, 7) is 7.76. The Morgan fingerprint density at radius 3 is 2.08 bits per heavy atom. The summed E-state index contributed by atoms with van der Waals surface area (Å²) in [6, 6.07) is 21.6. The predicted molar refractivity (Wildman–Crippen MR) is 146 cm³/mol. The van der Waals surface area contributed by atoms with E-state index in [-0.39, 0.29) is 18.6 Å². The number of hydrogen-bond acceptors (Lipinski definition) is 6. The lowest BCUT2D eigenvalue weighted by molar-refractivity contribution is 0.00694. The van der Waals surface area contributed by atoms with Crippen molar-refractivity contribution >= 4 is 24.0 Å². The van der Waals surface area contributed by atoms with E-state index < -0.39 is 11.6 Å². The molecule has 0 N–H and O–H groups in total. The average molecular weight is 513 g/mol. The molecular formula is C31H32N2O5. The number of amides is 1. The zero-order valence-corrected chi connectivity index (χ0v) is 22.0. The molecular weight excluding hydrogens is 480 g/mol. The predicted octanol–water partition coefficient (Wildman–Crippen LogP) is 5.53. The number of carbonyl (C=O) groups is 3. The third kappa shape index (κ3) is 5.28. The van der Waals surface area contributed by atoms with Crippen molar-refractivity contribution in [3.05, 3.63) is 89.0 Å². The highest BCUT2D eigenvalue weighted by Crippen LogP contribution is 2.44. The van der Waals surface area contributed by atoms with Crippen molar-refractivity contribution < 1.29 is 23.9 Å². The Hall–Kier alpha value is -4.13. The Morgan fingerprint density at radius 1 is 0.895 bits per heavy atom. The van der Waals surface area contributed by atoms with Gasteiger partial charge in [0.1, 0.15) is 18.5 Å². The Labute approximate surface area is 223 Å². The number of ether oxygens (including phenoxy) is 2. The summed E-state index contributed by atoms with van der Waals surface area (Å²) < 4.78 is 11.3. The zero-order valence-electron chi connectivity index (χ0n) is 22.0. The van der Waals surface area contributed by atoms with Crippen molar-refractivity contribution in [2.45, 2.75) is 32.3 Å². The molecule has 38 heavy (non-hydrogen) atoms. The Morgan fingerprint density at radius 2 is 1.50 bits per heavy atom. The second kappa shape index (κ2) is 10.3. The van der Waals surface area contributed by atoms with Crippen LogP contribution in [0.15, 0.2) is 66.7 Å². The molecule has 1 saturated heterocycles. The second-order valence-corrected chi connectivity index (χ2v) is 10.7. The van der Waals surface area contributed by atoms with Crippen molar-refractivity contribution in [1.29, 1.82) is 0 Å². The lowest BCUT2D eigenvalue weighted by Gasteiger charge is -2.36. The van der Waals surface area contributed by atoms with Crippen LogP contribution in [0.4, 0.5) is 10.5 Å². The third-order valence-corrected chi connectivity index (χ3v) is 6.95. The van der Waals surface area contributed by atoms with E-state index in [1.807, 2.05) is 24.3 Å². The highest BCUT2D eigenvalue weighted by molar-refractivity contribution is 5.93. The summed E-state index contributed by atoms with van der Waals surface area (Å²) in [5.41, 5.74) is 5.61. The molecule has 0 saturated carbocycles. The molecule has 1 amide bonds. The van der Waals surface area contributed by atoms with Crippen LogP contribution in [0.3, 0.4) is 0 Å². The van der Waals surface area contributed by atoms with E-state index in [4.69, 9.17) is 9.47 Å². The summed E-state index contributed by atoms with van der Waals surface area (Å²) in [5.74, 6) is -0.454. The molecule has 1 heterocycles. The Kier molecular flexibility index (Phi) is 6.93. The number of benzene rings is 3. The van der Waals surface area contributed by atoms with Gasteiger partial charge in [-0.3, -0.25) is 4.79 Å². The van der Waals surface area contributed by atoms with E-state index >= 15 is 0 Å². The van der Waals surface area contributed by atoms with Crippen LogP contribution in [0.25, 0.3) is 11.1 Å². The maximum atomic E-state index is 13.0. The van der Waals surface area contributed by atoms with Gasteiger partial charge in [0.25, 0.3) is 0 Å². The van der Waals surface area contributed by atoms with Crippen LogP contribution < -0.4 is 4.90 Å². The van der Waals surface area contributed by atoms with Crippen molar-refractivity contribution in [3.63, 3.8) is 0 Å². The molecule has 3 aromatic rings. The van der Waals surface area contributed by atoms with E-state index in [1.54, 1.807) is 37.8 Å². The first-order chi connectivity index (χ1) is 18.2. The lowest BCUT2D eigenvalue weighted by Crippen LogP contribution is -2.49. The molecule has 1 fully saturated rings.